The fourth-order valence-electron chi connectivity index (χ4n) is 3.73. The number of rotatable bonds is 5. The van der Waals surface area contributed by atoms with E-state index in [1.54, 1.807) is 30.3 Å². The first-order valence-electron chi connectivity index (χ1n) is 9.98. The van der Waals surface area contributed by atoms with Gasteiger partial charge in [0.05, 0.1) is 16.2 Å². The topological polar surface area (TPSA) is 114 Å². The molecule has 2 aromatic carbocycles. The lowest BCUT2D eigenvalue weighted by Gasteiger charge is -2.24. The predicted molar refractivity (Wildman–Crippen MR) is 118 cm³/mol. The number of aromatic nitrogens is 1. The van der Waals surface area contributed by atoms with E-state index in [0.29, 0.717) is 11.4 Å². The summed E-state index contributed by atoms with van der Waals surface area (Å²) in [5.41, 5.74) is 1.59. The minimum Gasteiger partial charge on any atom is -0.507 e. The van der Waals surface area contributed by atoms with E-state index in [9.17, 15) is 24.8 Å². The molecule has 8 nitrogen and oxygen atoms in total. The van der Waals surface area contributed by atoms with Gasteiger partial charge >= 0.3 is 0 Å². The molecule has 32 heavy (non-hydrogen) atoms. The van der Waals surface area contributed by atoms with Crippen molar-refractivity contribution in [1.29, 1.82) is 0 Å². The number of benzene rings is 2. The molecule has 0 saturated carbocycles. The zero-order valence-electron chi connectivity index (χ0n) is 17.1. The summed E-state index contributed by atoms with van der Waals surface area (Å²) in [7, 11) is 0. The molecule has 1 saturated heterocycles. The number of nitro benzene ring substituents is 1. The smallest absolute Gasteiger partial charge is 0.300 e. The Morgan fingerprint density at radius 1 is 1.09 bits per heavy atom. The van der Waals surface area contributed by atoms with E-state index in [0.717, 1.165) is 18.1 Å². The summed E-state index contributed by atoms with van der Waals surface area (Å²) >= 11 is 0. The number of nitrogens with zero attached hydrogens (tertiary/aromatic N) is 3. The van der Waals surface area contributed by atoms with Crippen molar-refractivity contribution in [2.24, 2.45) is 0 Å². The zero-order chi connectivity index (χ0) is 22.8. The Morgan fingerprint density at radius 2 is 1.84 bits per heavy atom. The molecule has 1 amide bonds. The number of aryl methyl sites for hydroxylation is 1. The van der Waals surface area contributed by atoms with Crippen LogP contribution >= 0.6 is 0 Å². The van der Waals surface area contributed by atoms with Gasteiger partial charge in [0, 0.05) is 29.6 Å². The lowest BCUT2D eigenvalue weighted by Crippen LogP contribution is -2.29. The highest BCUT2D eigenvalue weighted by molar-refractivity contribution is 6.51. The van der Waals surface area contributed by atoms with Gasteiger partial charge in [-0.3, -0.25) is 29.6 Å². The second kappa shape index (κ2) is 8.43. The molecule has 160 valence electrons. The van der Waals surface area contributed by atoms with Crippen molar-refractivity contribution in [3.05, 3.63) is 105 Å². The zero-order valence-corrected chi connectivity index (χ0v) is 17.1. The lowest BCUT2D eigenvalue weighted by atomic mass is 9.98. The van der Waals surface area contributed by atoms with Crippen molar-refractivity contribution in [3.8, 4) is 0 Å². The van der Waals surface area contributed by atoms with Crippen LogP contribution in [0.25, 0.3) is 5.76 Å². The first-order valence-corrected chi connectivity index (χ1v) is 9.98. The maximum atomic E-state index is 13.1. The van der Waals surface area contributed by atoms with Crippen LogP contribution in [-0.2, 0) is 16.0 Å². The molecule has 1 aliphatic rings. The summed E-state index contributed by atoms with van der Waals surface area (Å²) in [5.74, 6) is -2.18. The van der Waals surface area contributed by atoms with Crippen LogP contribution in [0.15, 0.2) is 78.5 Å². The van der Waals surface area contributed by atoms with Gasteiger partial charge in [-0.25, -0.2) is 0 Å². The number of ketones is 1. The third-order valence-electron chi connectivity index (χ3n) is 5.37. The average molecular weight is 429 g/mol. The molecule has 1 unspecified atom stereocenters. The van der Waals surface area contributed by atoms with Gasteiger partial charge in [0.15, 0.2) is 0 Å². The minimum atomic E-state index is -0.983. The van der Waals surface area contributed by atoms with Gasteiger partial charge in [-0.2, -0.15) is 0 Å². The summed E-state index contributed by atoms with van der Waals surface area (Å²) < 4.78 is 0. The third-order valence-corrected chi connectivity index (χ3v) is 5.37. The number of carbonyl (C=O) groups is 2. The molecule has 0 bridgehead atoms. The Bertz CT molecular complexity index is 1240. The minimum absolute atomic E-state index is 0.0689. The van der Waals surface area contributed by atoms with E-state index in [2.05, 4.69) is 4.98 Å². The van der Waals surface area contributed by atoms with Crippen molar-refractivity contribution < 1.29 is 19.6 Å². The lowest BCUT2D eigenvalue weighted by molar-refractivity contribution is -0.384. The molecule has 3 aromatic rings. The monoisotopic (exact) mass is 429 g/mol. The number of non-ortho nitro benzene ring substituents is 1. The molecule has 1 aliphatic heterocycles. The summed E-state index contributed by atoms with van der Waals surface area (Å²) in [6.07, 6.45) is 2.35. The summed E-state index contributed by atoms with van der Waals surface area (Å²) in [4.78, 5) is 42.3. The fraction of sp³-hybridized carbons (Fsp3) is 0.125. The third kappa shape index (κ3) is 3.62. The second-order valence-electron chi connectivity index (χ2n) is 7.25. The van der Waals surface area contributed by atoms with Crippen molar-refractivity contribution in [3.63, 3.8) is 0 Å². The number of nitro groups is 1. The first-order chi connectivity index (χ1) is 15.4. The SMILES string of the molecule is CCc1ccc(N2C(=O)C(=O)/C(=C(\O)c3cccc([N+](=O)[O-])c3)C2c2ccccn2)cc1. The van der Waals surface area contributed by atoms with Gasteiger partial charge in [-0.05, 0) is 36.2 Å². The van der Waals surface area contributed by atoms with Crippen molar-refractivity contribution in [1.82, 2.24) is 4.98 Å². The molecular formula is C24H19N3O5. The van der Waals surface area contributed by atoms with Gasteiger partial charge in [-0.1, -0.05) is 37.3 Å². The van der Waals surface area contributed by atoms with Gasteiger partial charge < -0.3 is 5.11 Å². The Labute approximate surface area is 183 Å². The number of aliphatic hydroxyl groups is 1. The van der Waals surface area contributed by atoms with Crippen LogP contribution in [-0.4, -0.2) is 26.7 Å². The largest absolute Gasteiger partial charge is 0.507 e. The number of anilines is 1. The number of aliphatic hydroxyl groups excluding tert-OH is 1. The standard InChI is InChI=1S/C24H19N3O5/c1-2-15-9-11-17(12-10-15)26-21(19-8-3-4-13-25-19)20(23(29)24(26)30)22(28)16-6-5-7-18(14-16)27(31)32/h3-14,21,28H,2H2,1H3/b22-20-. The number of carbonyl (C=O) groups excluding carboxylic acids is 2. The first kappa shape index (κ1) is 20.9. The molecule has 1 aromatic heterocycles. The van der Waals surface area contributed by atoms with E-state index >= 15 is 0 Å². The Morgan fingerprint density at radius 3 is 2.47 bits per heavy atom. The number of amides is 1. The van der Waals surface area contributed by atoms with E-state index in [4.69, 9.17) is 0 Å². The predicted octanol–water partition coefficient (Wildman–Crippen LogP) is 4.18. The maximum absolute atomic E-state index is 13.1. The molecule has 0 radical (unpaired) electrons. The van der Waals surface area contributed by atoms with Gasteiger partial charge in [-0.15, -0.1) is 0 Å². The summed E-state index contributed by atoms with van der Waals surface area (Å²) in [6.45, 7) is 2.01. The van der Waals surface area contributed by atoms with Gasteiger partial charge in [0.25, 0.3) is 17.4 Å². The Kier molecular flexibility index (Phi) is 5.51. The van der Waals surface area contributed by atoms with E-state index in [1.165, 1.54) is 29.3 Å². The van der Waals surface area contributed by atoms with E-state index < -0.39 is 28.4 Å². The van der Waals surface area contributed by atoms with E-state index in [1.807, 2.05) is 19.1 Å². The van der Waals surface area contributed by atoms with Crippen LogP contribution in [0.2, 0.25) is 0 Å². The van der Waals surface area contributed by atoms with Crippen LogP contribution in [0.3, 0.4) is 0 Å². The molecule has 2 heterocycles. The number of hydrogen-bond acceptors (Lipinski definition) is 6. The number of Topliss-reactive ketones (excluding diaryl/α,β-unsaturated/α-hetero) is 1. The quantitative estimate of drug-likeness (QED) is 0.214. The van der Waals surface area contributed by atoms with Crippen LogP contribution in [0.5, 0.6) is 0 Å². The van der Waals surface area contributed by atoms with Crippen molar-refractivity contribution in [2.75, 3.05) is 4.90 Å². The number of pyridine rings is 1. The highest BCUT2D eigenvalue weighted by atomic mass is 16.6. The molecule has 0 spiro atoms. The molecule has 1 fully saturated rings. The molecule has 4 rings (SSSR count). The normalized spacial score (nSPS) is 17.5. The number of hydrogen-bond donors (Lipinski definition) is 1. The van der Waals surface area contributed by atoms with Crippen LogP contribution in [0, 0.1) is 10.1 Å². The van der Waals surface area contributed by atoms with Crippen LogP contribution in [0.1, 0.15) is 29.8 Å². The summed E-state index contributed by atoms with van der Waals surface area (Å²) in [5, 5.41) is 22.2. The molecular weight excluding hydrogens is 410 g/mol. The molecule has 1 N–H and O–H groups in total. The van der Waals surface area contributed by atoms with Gasteiger partial charge in [0.2, 0.25) is 0 Å². The van der Waals surface area contributed by atoms with Crippen molar-refractivity contribution in [2.45, 2.75) is 19.4 Å². The second-order valence-corrected chi connectivity index (χ2v) is 7.25. The van der Waals surface area contributed by atoms with E-state index in [-0.39, 0.29) is 16.8 Å². The Hall–Kier alpha value is -4.33. The van der Waals surface area contributed by atoms with Crippen LogP contribution in [0.4, 0.5) is 11.4 Å². The Balaban J connectivity index is 1.91. The summed E-state index contributed by atoms with van der Waals surface area (Å²) in [6, 6.07) is 16.6. The maximum Gasteiger partial charge on any atom is 0.300 e. The van der Waals surface area contributed by atoms with Crippen molar-refractivity contribution >= 4 is 28.8 Å². The van der Waals surface area contributed by atoms with Gasteiger partial charge in [0.1, 0.15) is 11.8 Å². The molecule has 1 atom stereocenters. The highest BCUT2D eigenvalue weighted by Gasteiger charge is 2.47. The average Bonchev–Trinajstić information content (AvgIpc) is 3.09. The molecule has 8 heteroatoms. The molecule has 0 aliphatic carbocycles. The highest BCUT2D eigenvalue weighted by Crippen LogP contribution is 2.41. The fourth-order valence-corrected chi connectivity index (χ4v) is 3.73. The van der Waals surface area contributed by atoms with Crippen LogP contribution < -0.4 is 4.90 Å².